The second-order valence-corrected chi connectivity index (χ2v) is 11.6. The van der Waals surface area contributed by atoms with Crippen molar-refractivity contribution in [3.63, 3.8) is 0 Å². The van der Waals surface area contributed by atoms with Crippen LogP contribution in [-0.2, 0) is 21.7 Å². The molecule has 2 unspecified atom stereocenters. The molecule has 0 saturated carbocycles. The Balaban J connectivity index is -0.00000132. The van der Waals surface area contributed by atoms with E-state index < -0.39 is 8.07 Å². The van der Waals surface area contributed by atoms with Crippen LogP contribution in [0.2, 0.25) is 12.6 Å². The number of hydrogen-bond acceptors (Lipinski definition) is 0. The van der Waals surface area contributed by atoms with Crippen molar-refractivity contribution in [2.24, 2.45) is 5.92 Å². The van der Waals surface area contributed by atoms with Crippen molar-refractivity contribution in [2.45, 2.75) is 67.0 Å². The summed E-state index contributed by atoms with van der Waals surface area (Å²) in [4.78, 5) is 0. The van der Waals surface area contributed by atoms with Gasteiger partial charge in [0.15, 0.2) is 0 Å². The Morgan fingerprint density at radius 3 is 1.88 bits per heavy atom. The Morgan fingerprint density at radius 1 is 1.00 bits per heavy atom. The van der Waals surface area contributed by atoms with E-state index in [0.717, 1.165) is 0 Å². The molecule has 1 aromatic carbocycles. The van der Waals surface area contributed by atoms with Gasteiger partial charge in [-0.05, 0) is 20.8 Å². The number of aryl methyl sites for hydroxylation is 3. The van der Waals surface area contributed by atoms with Crippen molar-refractivity contribution in [1.82, 2.24) is 0 Å². The zero-order chi connectivity index (χ0) is 16.5. The summed E-state index contributed by atoms with van der Waals surface area (Å²) >= 11 is 0. The number of unbranched alkanes of at least 4 members (excludes halogenated alkanes) is 1. The summed E-state index contributed by atoms with van der Waals surface area (Å²) in [6.45, 7) is 16.3. The van der Waals surface area contributed by atoms with Crippen molar-refractivity contribution in [1.29, 1.82) is 0 Å². The van der Waals surface area contributed by atoms with E-state index in [1.54, 1.807) is 10.4 Å². The molecule has 5 heteroatoms. The molecule has 1 aliphatic rings. The zero-order valence-corrected chi connectivity index (χ0v) is 21.9. The summed E-state index contributed by atoms with van der Waals surface area (Å²) in [5.41, 5.74) is 5.79. The van der Waals surface area contributed by atoms with E-state index >= 15 is 0 Å². The van der Waals surface area contributed by atoms with Crippen molar-refractivity contribution in [2.75, 3.05) is 0 Å². The van der Waals surface area contributed by atoms with Crippen molar-refractivity contribution >= 4 is 13.3 Å². The first-order valence-electron chi connectivity index (χ1n) is 8.70. The van der Waals surface area contributed by atoms with E-state index in [1.807, 2.05) is 0 Å². The van der Waals surface area contributed by atoms with Gasteiger partial charge in [0.1, 0.15) is 0 Å². The summed E-state index contributed by atoms with van der Waals surface area (Å²) in [5, 5.41) is 3.32. The standard InChI is InChI=1S/C21H31Si.3ClH.Ti/c1-8-9-10-22(7,20-14-16(3)11-17(20)4)21-18(5)12-15(2)13-19(21)6;;;;/h12-14,16H,8-10H2,1-7H3;3*1H;/q-1;;;;+4/p-3. The number of halogens is 3. The van der Waals surface area contributed by atoms with Gasteiger partial charge in [-0.1, -0.05) is 86.1 Å². The fourth-order valence-corrected chi connectivity index (χ4v) is 9.66. The van der Waals surface area contributed by atoms with Crippen molar-refractivity contribution in [3.8, 4) is 0 Å². The summed E-state index contributed by atoms with van der Waals surface area (Å²) < 4.78 is 0. The van der Waals surface area contributed by atoms with Crippen LogP contribution in [0.25, 0.3) is 0 Å². The predicted molar refractivity (Wildman–Crippen MR) is 101 cm³/mol. The first kappa shape index (κ1) is 31.2. The third-order valence-electron chi connectivity index (χ3n) is 5.12. The molecule has 2 atom stereocenters. The minimum absolute atomic E-state index is 0. The molecule has 0 nitrogen and oxygen atoms in total. The maximum atomic E-state index is 3.63. The minimum atomic E-state index is -1.67. The Hall–Kier alpha value is 0.501. The van der Waals surface area contributed by atoms with E-state index in [-0.39, 0.29) is 58.9 Å². The average Bonchev–Trinajstić information content (AvgIpc) is 2.74. The van der Waals surface area contributed by atoms with Crippen molar-refractivity contribution < 1.29 is 58.9 Å². The topological polar surface area (TPSA) is 0 Å². The quantitative estimate of drug-likeness (QED) is 0.314. The SMILES string of the molecule is CCCC[Si](C)(C1=CC(C)[C-]=C1C)c1c(C)cc(C)cc1C.[Cl-].[Cl-].[Cl-].[Ti+4]. The molecule has 0 N–H and O–H groups in total. The van der Waals surface area contributed by atoms with Crippen LogP contribution in [0, 0.1) is 32.8 Å². The monoisotopic (exact) mass is 464 g/mol. The third kappa shape index (κ3) is 6.54. The predicted octanol–water partition coefficient (Wildman–Crippen LogP) is -3.43. The molecule has 0 heterocycles. The van der Waals surface area contributed by atoms with Gasteiger partial charge in [-0.25, -0.2) is 5.57 Å². The van der Waals surface area contributed by atoms with Crippen LogP contribution in [0.3, 0.4) is 0 Å². The molecule has 0 fully saturated rings. The number of allylic oxidation sites excluding steroid dienone is 4. The fourth-order valence-electron chi connectivity index (χ4n) is 4.41. The van der Waals surface area contributed by atoms with Crippen LogP contribution >= 0.6 is 0 Å². The van der Waals surface area contributed by atoms with E-state index in [2.05, 4.69) is 72.4 Å². The van der Waals surface area contributed by atoms with Crippen LogP contribution in [0.1, 0.15) is 50.3 Å². The minimum Gasteiger partial charge on any atom is -1.00 e. The largest absolute Gasteiger partial charge is 4.00 e. The molecule has 0 aliphatic heterocycles. The van der Waals surface area contributed by atoms with E-state index in [4.69, 9.17) is 0 Å². The molecule has 26 heavy (non-hydrogen) atoms. The molecule has 0 amide bonds. The summed E-state index contributed by atoms with van der Waals surface area (Å²) in [6.07, 6.45) is 8.73. The van der Waals surface area contributed by atoms with Gasteiger partial charge in [-0.3, -0.25) is 6.08 Å². The molecule has 0 saturated heterocycles. The van der Waals surface area contributed by atoms with Crippen LogP contribution < -0.4 is 42.4 Å². The van der Waals surface area contributed by atoms with Gasteiger partial charge in [0.2, 0.25) is 0 Å². The zero-order valence-electron chi connectivity index (χ0n) is 17.1. The fraction of sp³-hybridized carbons (Fsp3) is 0.524. The molecule has 1 aliphatic carbocycles. The summed E-state index contributed by atoms with van der Waals surface area (Å²) in [5.74, 6) is 0.481. The van der Waals surface area contributed by atoms with Crippen molar-refractivity contribution in [3.05, 3.63) is 51.7 Å². The Labute approximate surface area is 195 Å². The van der Waals surface area contributed by atoms with Gasteiger partial charge >= 0.3 is 21.7 Å². The molecule has 144 valence electrons. The molecular weight excluding hydrogens is 435 g/mol. The molecule has 0 radical (unpaired) electrons. The number of hydrogen-bond donors (Lipinski definition) is 0. The van der Waals surface area contributed by atoms with Gasteiger partial charge < -0.3 is 37.2 Å². The second-order valence-electron chi connectivity index (χ2n) is 7.35. The van der Waals surface area contributed by atoms with E-state index in [1.165, 1.54) is 41.1 Å². The maximum Gasteiger partial charge on any atom is 4.00 e. The van der Waals surface area contributed by atoms with Gasteiger partial charge in [-0.2, -0.15) is 11.3 Å². The Bertz CT molecular complexity index is 617. The normalized spacial score (nSPS) is 17.4. The number of benzene rings is 1. The van der Waals surface area contributed by atoms with E-state index in [9.17, 15) is 0 Å². The summed E-state index contributed by atoms with van der Waals surface area (Å²) in [7, 11) is -1.67. The first-order valence-corrected chi connectivity index (χ1v) is 11.4. The molecule has 2 rings (SSSR count). The molecule has 0 aromatic heterocycles. The first-order chi connectivity index (χ1) is 10.3. The average molecular weight is 466 g/mol. The van der Waals surface area contributed by atoms with Crippen LogP contribution in [0.15, 0.2) is 29.0 Å². The van der Waals surface area contributed by atoms with E-state index in [0.29, 0.717) is 5.92 Å². The molecule has 0 bridgehead atoms. The van der Waals surface area contributed by atoms with Gasteiger partial charge in [0, 0.05) is 8.07 Å². The number of rotatable bonds is 5. The van der Waals surface area contributed by atoms with Crippen LogP contribution in [0.4, 0.5) is 0 Å². The smallest absolute Gasteiger partial charge is 1.00 e. The molecule has 0 spiro atoms. The maximum absolute atomic E-state index is 3.63. The third-order valence-corrected chi connectivity index (χ3v) is 10.1. The Morgan fingerprint density at radius 2 is 1.50 bits per heavy atom. The molecule has 1 aromatic rings. The van der Waals surface area contributed by atoms with Crippen LogP contribution in [-0.4, -0.2) is 8.07 Å². The van der Waals surface area contributed by atoms with Gasteiger partial charge in [-0.15, -0.1) is 0 Å². The Kier molecular flexibility index (Phi) is 15.4. The van der Waals surface area contributed by atoms with Crippen LogP contribution in [0.5, 0.6) is 0 Å². The molecular formula is C21H31Cl3SiTi. The second kappa shape index (κ2) is 12.9. The summed E-state index contributed by atoms with van der Waals surface area (Å²) in [6, 6.07) is 6.11. The van der Waals surface area contributed by atoms with Gasteiger partial charge in [0.25, 0.3) is 0 Å². The van der Waals surface area contributed by atoms with Gasteiger partial charge in [0.05, 0.1) is 0 Å².